The van der Waals surface area contributed by atoms with E-state index in [-0.39, 0.29) is 12.0 Å². The van der Waals surface area contributed by atoms with E-state index in [1.54, 1.807) is 11.3 Å². The molecule has 1 aromatic heterocycles. The maximum atomic E-state index is 9.31. The van der Waals surface area contributed by atoms with Gasteiger partial charge in [0.1, 0.15) is 0 Å². The Kier molecular flexibility index (Phi) is 3.41. The van der Waals surface area contributed by atoms with E-state index in [0.29, 0.717) is 13.2 Å². The highest BCUT2D eigenvalue weighted by molar-refractivity contribution is 7.09. The summed E-state index contributed by atoms with van der Waals surface area (Å²) in [5, 5.41) is 11.4. The maximum absolute atomic E-state index is 9.31. The maximum Gasteiger partial charge on any atom is 0.0579 e. The van der Waals surface area contributed by atoms with Crippen LogP contribution in [0.3, 0.4) is 0 Å². The summed E-state index contributed by atoms with van der Waals surface area (Å²) < 4.78 is 5.18. The van der Waals surface area contributed by atoms with Crippen LogP contribution < -0.4 is 0 Å². The van der Waals surface area contributed by atoms with Gasteiger partial charge in [-0.25, -0.2) is 0 Å². The Morgan fingerprint density at radius 2 is 2.40 bits per heavy atom. The fourth-order valence-electron chi connectivity index (χ4n) is 1.92. The van der Waals surface area contributed by atoms with Gasteiger partial charge in [-0.3, -0.25) is 0 Å². The topological polar surface area (TPSA) is 32.7 Å². The largest absolute Gasteiger partial charge is 0.396 e. The summed E-state index contributed by atoms with van der Waals surface area (Å²) in [5.41, 5.74) is -0.00793. The first-order valence-corrected chi connectivity index (χ1v) is 6.02. The van der Waals surface area contributed by atoms with Crippen LogP contribution in [0.15, 0.2) is 17.5 Å². The summed E-state index contributed by atoms with van der Waals surface area (Å²) >= 11 is 1.78. The molecule has 0 amide bonds. The molecule has 1 fully saturated rings. The molecule has 0 aromatic carbocycles. The molecule has 4 heteroatoms. The lowest BCUT2D eigenvalue weighted by molar-refractivity contribution is -0.146. The molecule has 0 radical (unpaired) electrons. The van der Waals surface area contributed by atoms with Gasteiger partial charge in [-0.05, 0) is 18.5 Å². The zero-order valence-electron chi connectivity index (χ0n) is 8.98. The highest BCUT2D eigenvalue weighted by atomic mass is 32.1. The summed E-state index contributed by atoms with van der Waals surface area (Å²) in [4.78, 5) is 3.62. The molecule has 0 spiro atoms. The molecule has 1 aromatic rings. The first-order chi connectivity index (χ1) is 7.24. The van der Waals surface area contributed by atoms with E-state index in [9.17, 15) is 5.11 Å². The molecule has 1 aliphatic rings. The van der Waals surface area contributed by atoms with Gasteiger partial charge in [0.25, 0.3) is 0 Å². The first-order valence-electron chi connectivity index (χ1n) is 5.14. The molecule has 84 valence electrons. The van der Waals surface area contributed by atoms with Gasteiger partial charge >= 0.3 is 0 Å². The van der Waals surface area contributed by atoms with E-state index >= 15 is 0 Å². The fourth-order valence-corrected chi connectivity index (χ4v) is 2.70. The van der Waals surface area contributed by atoms with Gasteiger partial charge in [0.15, 0.2) is 0 Å². The average molecular weight is 227 g/mol. The van der Waals surface area contributed by atoms with Gasteiger partial charge in [0.2, 0.25) is 0 Å². The van der Waals surface area contributed by atoms with Crippen molar-refractivity contribution in [1.29, 1.82) is 0 Å². The Bertz CT molecular complexity index is 290. The zero-order valence-corrected chi connectivity index (χ0v) is 9.80. The van der Waals surface area contributed by atoms with Crippen molar-refractivity contribution in [3.05, 3.63) is 22.4 Å². The number of hydrogen-bond donors (Lipinski definition) is 1. The number of ether oxygens (including phenoxy) is 1. The van der Waals surface area contributed by atoms with Gasteiger partial charge < -0.3 is 14.7 Å². The monoisotopic (exact) mass is 227 g/mol. The second-order valence-corrected chi connectivity index (χ2v) is 5.43. The van der Waals surface area contributed by atoms with E-state index in [4.69, 9.17) is 4.74 Å². The Labute approximate surface area is 94.3 Å². The van der Waals surface area contributed by atoms with Crippen molar-refractivity contribution in [1.82, 2.24) is 4.90 Å². The molecule has 1 aliphatic heterocycles. The SMILES string of the molecule is CN(Cc1cccs1)CC1(CO)COC1. The zero-order chi connectivity index (χ0) is 10.7. The Balaban J connectivity index is 1.84. The van der Waals surface area contributed by atoms with E-state index in [0.717, 1.165) is 13.1 Å². The summed E-state index contributed by atoms with van der Waals surface area (Å²) in [6.07, 6.45) is 0. The molecule has 2 heterocycles. The van der Waals surface area contributed by atoms with E-state index < -0.39 is 0 Å². The molecule has 2 rings (SSSR count). The average Bonchev–Trinajstić information content (AvgIpc) is 2.64. The molecule has 0 bridgehead atoms. The molecule has 0 atom stereocenters. The van der Waals surface area contributed by atoms with Crippen LogP contribution in [0.2, 0.25) is 0 Å². The molecular formula is C11H17NO2S. The third-order valence-corrected chi connectivity index (χ3v) is 3.62. The van der Waals surface area contributed by atoms with Crippen LogP contribution in [-0.2, 0) is 11.3 Å². The number of thiophene rings is 1. The highest BCUT2D eigenvalue weighted by Gasteiger charge is 2.38. The Morgan fingerprint density at radius 1 is 1.60 bits per heavy atom. The van der Waals surface area contributed by atoms with Crippen LogP contribution in [0.4, 0.5) is 0 Å². The summed E-state index contributed by atoms with van der Waals surface area (Å²) in [6.45, 7) is 3.47. The van der Waals surface area contributed by atoms with Crippen molar-refractivity contribution < 1.29 is 9.84 Å². The Morgan fingerprint density at radius 3 is 2.87 bits per heavy atom. The number of nitrogens with zero attached hydrogens (tertiary/aromatic N) is 1. The van der Waals surface area contributed by atoms with Crippen LogP contribution in [0.5, 0.6) is 0 Å². The van der Waals surface area contributed by atoms with Gasteiger partial charge in [-0.1, -0.05) is 6.07 Å². The standard InChI is InChI=1S/C11H17NO2S/c1-12(5-10-3-2-4-15-10)6-11(7-13)8-14-9-11/h2-4,13H,5-9H2,1H3. The normalized spacial score (nSPS) is 19.1. The third-order valence-electron chi connectivity index (χ3n) is 2.76. The van der Waals surface area contributed by atoms with Crippen LogP contribution in [0, 0.1) is 5.41 Å². The lowest BCUT2D eigenvalue weighted by atomic mass is 9.86. The predicted molar refractivity (Wildman–Crippen MR) is 61.0 cm³/mol. The molecule has 0 saturated carbocycles. The van der Waals surface area contributed by atoms with Gasteiger partial charge in [0, 0.05) is 18.0 Å². The smallest absolute Gasteiger partial charge is 0.0579 e. The van der Waals surface area contributed by atoms with Gasteiger partial charge in [-0.15, -0.1) is 11.3 Å². The summed E-state index contributed by atoms with van der Waals surface area (Å²) in [5.74, 6) is 0. The van der Waals surface area contributed by atoms with Crippen LogP contribution >= 0.6 is 11.3 Å². The second kappa shape index (κ2) is 4.61. The molecule has 0 unspecified atom stereocenters. The summed E-state index contributed by atoms with van der Waals surface area (Å²) in [6, 6.07) is 4.21. The van der Waals surface area contributed by atoms with Crippen molar-refractivity contribution >= 4 is 11.3 Å². The van der Waals surface area contributed by atoms with Crippen LogP contribution in [0.25, 0.3) is 0 Å². The van der Waals surface area contributed by atoms with Crippen molar-refractivity contribution in [2.24, 2.45) is 5.41 Å². The van der Waals surface area contributed by atoms with Crippen molar-refractivity contribution in [2.75, 3.05) is 33.4 Å². The molecule has 1 N–H and O–H groups in total. The van der Waals surface area contributed by atoms with E-state index in [1.165, 1.54) is 4.88 Å². The third kappa shape index (κ3) is 2.58. The lowest BCUT2D eigenvalue weighted by Crippen LogP contribution is -2.52. The Hall–Kier alpha value is -0.420. The number of rotatable bonds is 5. The quantitative estimate of drug-likeness (QED) is 0.820. The number of hydrogen-bond acceptors (Lipinski definition) is 4. The van der Waals surface area contributed by atoms with Crippen LogP contribution in [0.1, 0.15) is 4.88 Å². The molecule has 3 nitrogen and oxygen atoms in total. The van der Waals surface area contributed by atoms with E-state index in [1.807, 2.05) is 0 Å². The van der Waals surface area contributed by atoms with Gasteiger partial charge in [0.05, 0.1) is 25.2 Å². The van der Waals surface area contributed by atoms with Crippen molar-refractivity contribution in [3.63, 3.8) is 0 Å². The van der Waals surface area contributed by atoms with Crippen molar-refractivity contribution in [2.45, 2.75) is 6.54 Å². The number of aliphatic hydroxyl groups excluding tert-OH is 1. The molecule has 1 saturated heterocycles. The van der Waals surface area contributed by atoms with Gasteiger partial charge in [-0.2, -0.15) is 0 Å². The molecule has 15 heavy (non-hydrogen) atoms. The highest BCUT2D eigenvalue weighted by Crippen LogP contribution is 2.28. The fraction of sp³-hybridized carbons (Fsp3) is 0.636. The second-order valence-electron chi connectivity index (χ2n) is 4.40. The van der Waals surface area contributed by atoms with E-state index in [2.05, 4.69) is 29.5 Å². The lowest BCUT2D eigenvalue weighted by Gasteiger charge is -2.42. The summed E-state index contributed by atoms with van der Waals surface area (Å²) in [7, 11) is 2.09. The minimum absolute atomic E-state index is 0.00793. The van der Waals surface area contributed by atoms with Crippen LogP contribution in [-0.4, -0.2) is 43.4 Å². The minimum atomic E-state index is -0.00793. The first kappa shape index (κ1) is 11.1. The molecular weight excluding hydrogens is 210 g/mol. The van der Waals surface area contributed by atoms with Crippen molar-refractivity contribution in [3.8, 4) is 0 Å². The minimum Gasteiger partial charge on any atom is -0.396 e. The number of aliphatic hydroxyl groups is 1. The predicted octanol–water partition coefficient (Wildman–Crippen LogP) is 1.19. The molecule has 0 aliphatic carbocycles.